The highest BCUT2D eigenvalue weighted by Crippen LogP contribution is 2.15. The Kier molecular flexibility index (Phi) is 6.27. The maximum absolute atomic E-state index is 5.52. The fraction of sp³-hybridized carbons (Fsp3) is 0.353. The topological polar surface area (TPSA) is 45.6 Å². The van der Waals surface area contributed by atoms with Crippen LogP contribution in [0.4, 0.5) is 0 Å². The van der Waals surface area contributed by atoms with E-state index in [1.165, 1.54) is 16.0 Å². The van der Waals surface area contributed by atoms with Crippen molar-refractivity contribution in [3.63, 3.8) is 0 Å². The second-order valence-electron chi connectivity index (χ2n) is 4.89. The lowest BCUT2D eigenvalue weighted by Gasteiger charge is -2.12. The van der Waals surface area contributed by atoms with Crippen LogP contribution in [0, 0.1) is 6.92 Å². The van der Waals surface area contributed by atoms with Gasteiger partial charge in [0.1, 0.15) is 5.75 Å². The van der Waals surface area contributed by atoms with Crippen LogP contribution in [0.25, 0.3) is 0 Å². The Bertz CT molecular complexity index is 622. The number of nitrogens with zero attached hydrogens (tertiary/aromatic N) is 1. The molecule has 0 saturated heterocycles. The van der Waals surface area contributed by atoms with E-state index in [1.54, 1.807) is 18.4 Å². The van der Waals surface area contributed by atoms with E-state index < -0.39 is 0 Å². The zero-order valence-electron chi connectivity index (χ0n) is 13.3. The molecule has 0 aliphatic rings. The van der Waals surface area contributed by atoms with E-state index >= 15 is 0 Å². The minimum atomic E-state index is 0.681. The number of thiophene rings is 1. The molecule has 22 heavy (non-hydrogen) atoms. The van der Waals surface area contributed by atoms with Crippen molar-refractivity contribution in [2.45, 2.75) is 26.9 Å². The monoisotopic (exact) mass is 317 g/mol. The first kappa shape index (κ1) is 16.4. The van der Waals surface area contributed by atoms with Gasteiger partial charge in [-0.2, -0.15) is 0 Å². The molecule has 0 aliphatic heterocycles. The molecule has 2 rings (SSSR count). The fourth-order valence-corrected chi connectivity index (χ4v) is 2.91. The molecule has 5 heteroatoms. The molecular formula is C17H23N3OS. The summed E-state index contributed by atoms with van der Waals surface area (Å²) in [6, 6.07) is 10.2. The van der Waals surface area contributed by atoms with Crippen LogP contribution < -0.4 is 15.4 Å². The lowest BCUT2D eigenvalue weighted by molar-refractivity contribution is 0.340. The van der Waals surface area contributed by atoms with Gasteiger partial charge in [-0.1, -0.05) is 12.1 Å². The Hall–Kier alpha value is -2.01. The first-order chi connectivity index (χ1) is 10.7. The Morgan fingerprint density at radius 2 is 2.05 bits per heavy atom. The molecule has 0 spiro atoms. The summed E-state index contributed by atoms with van der Waals surface area (Å²) in [5, 5.41) is 8.78. The summed E-state index contributed by atoms with van der Waals surface area (Å²) >= 11 is 1.76. The molecule has 118 valence electrons. The van der Waals surface area contributed by atoms with Crippen molar-refractivity contribution < 1.29 is 4.74 Å². The molecule has 4 nitrogen and oxygen atoms in total. The molecule has 1 aromatic carbocycles. The first-order valence-electron chi connectivity index (χ1n) is 7.42. The van der Waals surface area contributed by atoms with Crippen LogP contribution in [0.3, 0.4) is 0 Å². The van der Waals surface area contributed by atoms with E-state index in [9.17, 15) is 0 Å². The van der Waals surface area contributed by atoms with Gasteiger partial charge in [0, 0.05) is 18.5 Å². The van der Waals surface area contributed by atoms with Crippen molar-refractivity contribution in [2.75, 3.05) is 13.7 Å². The highest BCUT2D eigenvalue weighted by atomic mass is 32.1. The zero-order valence-corrected chi connectivity index (χ0v) is 14.2. The first-order valence-corrected chi connectivity index (χ1v) is 8.30. The molecule has 2 aromatic rings. The molecule has 1 heterocycles. The van der Waals surface area contributed by atoms with Gasteiger partial charge in [0.2, 0.25) is 0 Å². The summed E-state index contributed by atoms with van der Waals surface area (Å²) in [7, 11) is 1.78. The van der Waals surface area contributed by atoms with Crippen molar-refractivity contribution in [1.29, 1.82) is 0 Å². The molecule has 1 aromatic heterocycles. The molecule has 0 bridgehead atoms. The van der Waals surface area contributed by atoms with Gasteiger partial charge in [0.25, 0.3) is 0 Å². The fourth-order valence-electron chi connectivity index (χ4n) is 2.07. The van der Waals surface area contributed by atoms with Crippen LogP contribution >= 0.6 is 11.3 Å². The van der Waals surface area contributed by atoms with Crippen LogP contribution in [0.1, 0.15) is 22.9 Å². The quantitative estimate of drug-likeness (QED) is 0.634. The number of ether oxygens (including phenoxy) is 1. The summed E-state index contributed by atoms with van der Waals surface area (Å²) in [6.07, 6.45) is 0. The van der Waals surface area contributed by atoms with E-state index in [1.807, 2.05) is 25.1 Å². The summed E-state index contributed by atoms with van der Waals surface area (Å²) in [5.74, 6) is 1.70. The summed E-state index contributed by atoms with van der Waals surface area (Å²) in [4.78, 5) is 5.59. The van der Waals surface area contributed by atoms with E-state index in [-0.39, 0.29) is 0 Å². The van der Waals surface area contributed by atoms with Crippen molar-refractivity contribution in [3.05, 3.63) is 51.7 Å². The van der Waals surface area contributed by atoms with Gasteiger partial charge >= 0.3 is 0 Å². The van der Waals surface area contributed by atoms with Crippen LogP contribution in [0.2, 0.25) is 0 Å². The largest absolute Gasteiger partial charge is 0.494 e. The second kappa shape index (κ2) is 8.44. The predicted molar refractivity (Wildman–Crippen MR) is 93.7 cm³/mol. The number of benzene rings is 1. The zero-order chi connectivity index (χ0) is 15.8. The smallest absolute Gasteiger partial charge is 0.191 e. The molecular weight excluding hydrogens is 294 g/mol. The minimum absolute atomic E-state index is 0.681. The highest BCUT2D eigenvalue weighted by molar-refractivity contribution is 7.10. The Balaban J connectivity index is 1.86. The summed E-state index contributed by atoms with van der Waals surface area (Å²) in [5.41, 5.74) is 2.48. The van der Waals surface area contributed by atoms with Crippen molar-refractivity contribution in [2.24, 2.45) is 4.99 Å². The van der Waals surface area contributed by atoms with E-state index in [0.29, 0.717) is 13.2 Å². The van der Waals surface area contributed by atoms with Gasteiger partial charge in [-0.25, -0.2) is 0 Å². The SMILES string of the molecule is CCOc1cccc(CNC(=NC)NCc2sccc2C)c1. The van der Waals surface area contributed by atoms with Crippen LogP contribution in [0.5, 0.6) is 5.75 Å². The van der Waals surface area contributed by atoms with Crippen molar-refractivity contribution in [3.8, 4) is 5.75 Å². The van der Waals surface area contributed by atoms with Crippen LogP contribution in [-0.2, 0) is 13.1 Å². The van der Waals surface area contributed by atoms with Crippen LogP contribution in [0.15, 0.2) is 40.7 Å². The third-order valence-corrected chi connectivity index (χ3v) is 4.30. The van der Waals surface area contributed by atoms with E-state index in [0.717, 1.165) is 18.3 Å². The maximum atomic E-state index is 5.52. The lowest BCUT2D eigenvalue weighted by Crippen LogP contribution is -2.36. The number of hydrogen-bond donors (Lipinski definition) is 2. The highest BCUT2D eigenvalue weighted by Gasteiger charge is 2.03. The van der Waals surface area contributed by atoms with Gasteiger partial charge in [-0.15, -0.1) is 11.3 Å². The molecule has 0 radical (unpaired) electrons. The van der Waals surface area contributed by atoms with Gasteiger partial charge in [-0.3, -0.25) is 4.99 Å². The number of aryl methyl sites for hydroxylation is 1. The molecule has 0 aliphatic carbocycles. The van der Waals surface area contributed by atoms with Gasteiger partial charge in [-0.05, 0) is 48.6 Å². The summed E-state index contributed by atoms with van der Waals surface area (Å²) < 4.78 is 5.52. The normalized spacial score (nSPS) is 11.3. The molecule has 0 saturated carbocycles. The Morgan fingerprint density at radius 3 is 2.73 bits per heavy atom. The molecule has 0 unspecified atom stereocenters. The Labute approximate surface area is 136 Å². The Morgan fingerprint density at radius 1 is 1.23 bits per heavy atom. The third kappa shape index (κ3) is 4.77. The third-order valence-electron chi connectivity index (χ3n) is 3.28. The van der Waals surface area contributed by atoms with E-state index in [2.05, 4.69) is 40.1 Å². The number of nitrogens with one attached hydrogen (secondary N) is 2. The van der Waals surface area contributed by atoms with Gasteiger partial charge in [0.15, 0.2) is 5.96 Å². The molecule has 0 atom stereocenters. The standard InChI is InChI=1S/C17H23N3OS/c1-4-21-15-7-5-6-14(10-15)11-19-17(18-3)20-12-16-13(2)8-9-22-16/h5-10H,4,11-12H2,1-3H3,(H2,18,19,20). The maximum Gasteiger partial charge on any atom is 0.191 e. The number of guanidine groups is 1. The number of aliphatic imine (C=N–C) groups is 1. The molecule has 0 fully saturated rings. The molecule has 0 amide bonds. The summed E-state index contributed by atoms with van der Waals surface area (Å²) in [6.45, 7) is 6.30. The van der Waals surface area contributed by atoms with Crippen molar-refractivity contribution >= 4 is 17.3 Å². The van der Waals surface area contributed by atoms with Gasteiger partial charge < -0.3 is 15.4 Å². The number of rotatable bonds is 6. The average Bonchev–Trinajstić information content (AvgIpc) is 2.93. The van der Waals surface area contributed by atoms with Crippen LogP contribution in [-0.4, -0.2) is 19.6 Å². The minimum Gasteiger partial charge on any atom is -0.494 e. The lowest BCUT2D eigenvalue weighted by atomic mass is 10.2. The average molecular weight is 317 g/mol. The molecule has 2 N–H and O–H groups in total. The van der Waals surface area contributed by atoms with Gasteiger partial charge in [0.05, 0.1) is 13.2 Å². The number of hydrogen-bond acceptors (Lipinski definition) is 3. The van der Waals surface area contributed by atoms with Crippen molar-refractivity contribution in [1.82, 2.24) is 10.6 Å². The van der Waals surface area contributed by atoms with E-state index in [4.69, 9.17) is 4.74 Å². The predicted octanol–water partition coefficient (Wildman–Crippen LogP) is 3.32. The second-order valence-corrected chi connectivity index (χ2v) is 5.89.